The second-order valence-electron chi connectivity index (χ2n) is 5.55. The number of aromatic nitrogens is 1. The van der Waals surface area contributed by atoms with Crippen molar-refractivity contribution in [2.45, 2.75) is 0 Å². The van der Waals surface area contributed by atoms with Gasteiger partial charge in [-0.3, -0.25) is 5.43 Å². The highest BCUT2D eigenvalue weighted by molar-refractivity contribution is 6.06. The second kappa shape index (κ2) is 6.42. The van der Waals surface area contributed by atoms with Gasteiger partial charge in [0.25, 0.3) is 0 Å². The predicted molar refractivity (Wildman–Crippen MR) is 103 cm³/mol. The van der Waals surface area contributed by atoms with E-state index in [1.165, 1.54) is 27.4 Å². The molecule has 0 spiro atoms. The van der Waals surface area contributed by atoms with E-state index in [0.29, 0.717) is 0 Å². The van der Waals surface area contributed by atoms with Crippen molar-refractivity contribution in [3.8, 4) is 0 Å². The summed E-state index contributed by atoms with van der Waals surface area (Å²) in [5.41, 5.74) is 7.58. The topological polar surface area (TPSA) is 40.2 Å². The summed E-state index contributed by atoms with van der Waals surface area (Å²) >= 11 is 0. The Kier molecular flexibility index (Phi) is 3.82. The van der Waals surface area contributed by atoms with Gasteiger partial charge in [-0.25, -0.2) is 0 Å². The van der Waals surface area contributed by atoms with Crippen LogP contribution < -0.4 is 5.43 Å². The Hall–Kier alpha value is -3.33. The van der Waals surface area contributed by atoms with Gasteiger partial charge >= 0.3 is 0 Å². The van der Waals surface area contributed by atoms with E-state index >= 15 is 0 Å². The van der Waals surface area contributed by atoms with Crippen molar-refractivity contribution in [1.82, 2.24) is 4.98 Å². The van der Waals surface area contributed by atoms with Crippen LogP contribution in [0.25, 0.3) is 27.9 Å². The molecule has 3 heteroatoms. The monoisotopic (exact) mass is 311 g/mol. The number of nitrogens with one attached hydrogen (secondary N) is 2. The van der Waals surface area contributed by atoms with Crippen LogP contribution in [0.15, 0.2) is 84.0 Å². The van der Waals surface area contributed by atoms with Gasteiger partial charge in [-0.2, -0.15) is 5.10 Å². The minimum atomic E-state index is 1.05. The molecule has 0 aliphatic carbocycles. The Labute approximate surface area is 140 Å². The van der Waals surface area contributed by atoms with Crippen molar-refractivity contribution in [2.24, 2.45) is 5.10 Å². The van der Waals surface area contributed by atoms with Crippen LogP contribution in [0.5, 0.6) is 0 Å². The lowest BCUT2D eigenvalue weighted by Crippen LogP contribution is -1.87. The molecule has 0 unspecified atom stereocenters. The summed E-state index contributed by atoms with van der Waals surface area (Å²) in [5.74, 6) is 0. The molecule has 3 nitrogen and oxygen atoms in total. The largest absolute Gasteiger partial charge is 0.355 e. The van der Waals surface area contributed by atoms with Crippen LogP contribution in [0, 0.1) is 0 Å². The van der Waals surface area contributed by atoms with E-state index in [9.17, 15) is 0 Å². The lowest BCUT2D eigenvalue weighted by Gasteiger charge is -2.00. The number of hydrogen-bond donors (Lipinski definition) is 2. The number of fused-ring (bicyclic) bond motifs is 4. The fraction of sp³-hybridized carbons (Fsp3) is 0. The minimum absolute atomic E-state index is 1.05. The van der Waals surface area contributed by atoms with E-state index in [2.05, 4.69) is 64.0 Å². The number of H-pyrrole nitrogens is 1. The Morgan fingerprint density at radius 1 is 0.667 bits per heavy atom. The molecule has 2 heterocycles. The van der Waals surface area contributed by atoms with Gasteiger partial charge in [-0.05, 0) is 29.8 Å². The summed E-state index contributed by atoms with van der Waals surface area (Å²) in [6.45, 7) is 0. The van der Waals surface area contributed by atoms with Gasteiger partial charge in [0.2, 0.25) is 0 Å². The first-order valence-electron chi connectivity index (χ1n) is 7.92. The van der Waals surface area contributed by atoms with E-state index in [1.54, 1.807) is 6.21 Å². The quantitative estimate of drug-likeness (QED) is 0.446. The van der Waals surface area contributed by atoms with Gasteiger partial charge in [-0.1, -0.05) is 60.7 Å². The maximum absolute atomic E-state index is 3.95. The molecule has 4 aromatic rings. The summed E-state index contributed by atoms with van der Waals surface area (Å²) in [4.78, 5) is 3.38. The second-order valence-corrected chi connectivity index (χ2v) is 5.55. The maximum atomic E-state index is 3.95. The van der Waals surface area contributed by atoms with Crippen molar-refractivity contribution < 1.29 is 0 Å². The number of benzene rings is 3. The fourth-order valence-electron chi connectivity index (χ4n) is 2.84. The molecule has 0 amide bonds. The molecule has 0 fully saturated rings. The smallest absolute Gasteiger partial charge is 0.0634 e. The van der Waals surface area contributed by atoms with Gasteiger partial charge in [0, 0.05) is 28.0 Å². The number of rotatable bonds is 0. The van der Waals surface area contributed by atoms with Gasteiger partial charge in [0.15, 0.2) is 0 Å². The first-order chi connectivity index (χ1) is 11.9. The third-order valence-electron chi connectivity index (χ3n) is 4.00. The van der Waals surface area contributed by atoms with Crippen LogP contribution in [0.2, 0.25) is 0 Å². The van der Waals surface area contributed by atoms with E-state index < -0.39 is 0 Å². The molecule has 3 aromatic carbocycles. The van der Waals surface area contributed by atoms with Gasteiger partial charge in [0.05, 0.1) is 5.69 Å². The third-order valence-corrected chi connectivity index (χ3v) is 4.00. The summed E-state index contributed by atoms with van der Waals surface area (Å²) in [7, 11) is 0. The third kappa shape index (κ3) is 2.79. The Bertz CT molecular complexity index is 991. The fourth-order valence-corrected chi connectivity index (χ4v) is 2.84. The van der Waals surface area contributed by atoms with Crippen molar-refractivity contribution in [1.29, 1.82) is 0 Å². The molecular weight excluding hydrogens is 294 g/mol. The number of hydrazone groups is 1. The predicted octanol–water partition coefficient (Wildman–Crippen LogP) is 5.43. The number of hydrogen-bond acceptors (Lipinski definition) is 2. The Morgan fingerprint density at radius 3 is 2.04 bits per heavy atom. The van der Waals surface area contributed by atoms with Crippen LogP contribution in [-0.2, 0) is 0 Å². The molecule has 24 heavy (non-hydrogen) atoms. The van der Waals surface area contributed by atoms with Crippen LogP contribution in [0.3, 0.4) is 0 Å². The minimum Gasteiger partial charge on any atom is -0.355 e. The summed E-state index contributed by atoms with van der Waals surface area (Å²) in [5, 5.41) is 6.56. The molecule has 1 aliphatic rings. The number of anilines is 1. The van der Waals surface area contributed by atoms with E-state index in [1.807, 2.05) is 36.4 Å². The number of aromatic amines is 1. The zero-order valence-corrected chi connectivity index (χ0v) is 13.1. The molecule has 0 radical (unpaired) electrons. The Morgan fingerprint density at radius 2 is 1.29 bits per heavy atom. The zero-order valence-electron chi connectivity index (χ0n) is 13.1. The number of nitrogens with zero attached hydrogens (tertiary/aromatic N) is 1. The summed E-state index contributed by atoms with van der Waals surface area (Å²) in [6, 6.07) is 24.8. The molecule has 0 bridgehead atoms. The van der Waals surface area contributed by atoms with Crippen molar-refractivity contribution in [3.05, 3.63) is 84.4 Å². The average Bonchev–Trinajstić information content (AvgIpc) is 2.84. The van der Waals surface area contributed by atoms with Crippen molar-refractivity contribution in [2.75, 3.05) is 5.43 Å². The molecule has 5 rings (SSSR count). The summed E-state index contributed by atoms with van der Waals surface area (Å²) in [6.07, 6.45) is 5.68. The van der Waals surface area contributed by atoms with Gasteiger partial charge < -0.3 is 4.98 Å². The highest BCUT2D eigenvalue weighted by Crippen LogP contribution is 2.24. The number of allylic oxidation sites excluding steroid dienone is 1. The maximum Gasteiger partial charge on any atom is 0.0634 e. The standard InChI is InChI=1S/C12H9N.C9H8N2/c1-3-7-11-9(5-1)10-6-2-4-8-12(10)13-11;1-2-6-9-8(4-1)5-3-7-10-11-9/h1-8,13H;1-7,11H. The lowest BCUT2D eigenvalue weighted by atomic mass is 10.2. The van der Waals surface area contributed by atoms with Crippen molar-refractivity contribution >= 4 is 39.8 Å². The SMILES string of the molecule is C1=Cc2ccccc2NN=C1.c1ccc2c(c1)[nH]c1ccccc12. The highest BCUT2D eigenvalue weighted by Gasteiger charge is 2.00. The van der Waals surface area contributed by atoms with Gasteiger partial charge in [0.1, 0.15) is 0 Å². The van der Waals surface area contributed by atoms with Crippen LogP contribution in [0.4, 0.5) is 5.69 Å². The first-order valence-corrected chi connectivity index (χ1v) is 7.92. The zero-order chi connectivity index (χ0) is 16.2. The molecule has 1 aliphatic heterocycles. The van der Waals surface area contributed by atoms with Crippen LogP contribution >= 0.6 is 0 Å². The van der Waals surface area contributed by atoms with Gasteiger partial charge in [-0.15, -0.1) is 0 Å². The normalized spacial score (nSPS) is 12.2. The van der Waals surface area contributed by atoms with E-state index in [-0.39, 0.29) is 0 Å². The number of para-hydroxylation sites is 3. The molecule has 1 aromatic heterocycles. The molecule has 2 N–H and O–H groups in total. The van der Waals surface area contributed by atoms with E-state index in [4.69, 9.17) is 0 Å². The lowest BCUT2D eigenvalue weighted by molar-refractivity contribution is 1.36. The molecule has 116 valence electrons. The van der Waals surface area contributed by atoms with E-state index in [0.717, 1.165) is 5.69 Å². The van der Waals surface area contributed by atoms with Crippen molar-refractivity contribution in [3.63, 3.8) is 0 Å². The molecule has 0 saturated heterocycles. The average molecular weight is 311 g/mol. The van der Waals surface area contributed by atoms with Crippen LogP contribution in [0.1, 0.15) is 5.56 Å². The van der Waals surface area contributed by atoms with Crippen LogP contribution in [-0.4, -0.2) is 11.2 Å². The highest BCUT2D eigenvalue weighted by atomic mass is 15.3. The first kappa shape index (κ1) is 14.3. The molecular formula is C21H17N3. The molecule has 0 atom stereocenters. The summed E-state index contributed by atoms with van der Waals surface area (Å²) < 4.78 is 0. The Balaban J connectivity index is 0.000000123. The molecule has 0 saturated carbocycles.